The molecule has 0 aliphatic rings. The van der Waals surface area contributed by atoms with Crippen LogP contribution in [0.4, 0.5) is 5.82 Å². The maximum atomic E-state index is 5.97. The molecular formula is C10H7Cl3N4. The van der Waals surface area contributed by atoms with Crippen molar-refractivity contribution < 1.29 is 0 Å². The molecule has 7 heteroatoms. The van der Waals surface area contributed by atoms with Crippen molar-refractivity contribution >= 4 is 40.6 Å². The van der Waals surface area contributed by atoms with Gasteiger partial charge in [0.25, 0.3) is 0 Å². The molecule has 0 spiro atoms. The lowest BCUT2D eigenvalue weighted by Crippen LogP contribution is -2.04. The molecule has 0 fully saturated rings. The lowest BCUT2D eigenvalue weighted by atomic mass is 10.4. The number of hydrogen-bond acceptors (Lipinski definition) is 4. The maximum Gasteiger partial charge on any atom is 0.150 e. The van der Waals surface area contributed by atoms with Crippen molar-refractivity contribution in [2.24, 2.45) is 0 Å². The molecule has 0 radical (unpaired) electrons. The van der Waals surface area contributed by atoms with Crippen molar-refractivity contribution in [1.82, 2.24) is 15.0 Å². The van der Waals surface area contributed by atoms with Crippen LogP contribution in [-0.2, 0) is 6.54 Å². The van der Waals surface area contributed by atoms with Crippen molar-refractivity contribution in [3.8, 4) is 0 Å². The average Bonchev–Trinajstić information content (AvgIpc) is 2.33. The van der Waals surface area contributed by atoms with Crippen LogP contribution in [-0.4, -0.2) is 15.0 Å². The Bertz CT molecular complexity index is 518. The standard InChI is InChI=1S/C10H7Cl3N4/c11-7-3-8(12)10(17-9(7)13)15-4-6-1-2-14-5-16-6/h1-3,5H,4H2,(H,15,17). The van der Waals surface area contributed by atoms with Gasteiger partial charge < -0.3 is 5.32 Å². The molecule has 0 aromatic carbocycles. The number of hydrogen-bond donors (Lipinski definition) is 1. The normalized spacial score (nSPS) is 10.3. The summed E-state index contributed by atoms with van der Waals surface area (Å²) < 4.78 is 0. The van der Waals surface area contributed by atoms with Gasteiger partial charge in [-0.1, -0.05) is 34.8 Å². The second-order valence-corrected chi connectivity index (χ2v) is 4.32. The Morgan fingerprint density at radius 1 is 1.18 bits per heavy atom. The zero-order valence-electron chi connectivity index (χ0n) is 8.49. The first-order chi connectivity index (χ1) is 8.16. The molecule has 0 unspecified atom stereocenters. The van der Waals surface area contributed by atoms with Gasteiger partial charge in [0.1, 0.15) is 17.3 Å². The largest absolute Gasteiger partial charge is 0.363 e. The molecule has 1 N–H and O–H groups in total. The number of nitrogens with one attached hydrogen (secondary N) is 1. The number of pyridine rings is 1. The van der Waals surface area contributed by atoms with E-state index in [0.29, 0.717) is 22.4 Å². The first-order valence-corrected chi connectivity index (χ1v) is 5.80. The van der Waals surface area contributed by atoms with E-state index in [1.165, 1.54) is 6.33 Å². The van der Waals surface area contributed by atoms with Crippen LogP contribution >= 0.6 is 34.8 Å². The van der Waals surface area contributed by atoms with Gasteiger partial charge in [0.2, 0.25) is 0 Å². The van der Waals surface area contributed by atoms with Crippen LogP contribution in [0.1, 0.15) is 5.69 Å². The van der Waals surface area contributed by atoms with E-state index in [1.54, 1.807) is 18.3 Å². The SMILES string of the molecule is Clc1cc(Cl)c(NCc2ccncn2)nc1Cl. The Kier molecular flexibility index (Phi) is 3.99. The fourth-order valence-electron chi connectivity index (χ4n) is 1.17. The summed E-state index contributed by atoms with van der Waals surface area (Å²) in [6.07, 6.45) is 3.13. The minimum Gasteiger partial charge on any atom is -0.363 e. The minimum absolute atomic E-state index is 0.209. The van der Waals surface area contributed by atoms with E-state index in [2.05, 4.69) is 20.3 Å². The molecule has 88 valence electrons. The van der Waals surface area contributed by atoms with E-state index in [4.69, 9.17) is 34.8 Å². The van der Waals surface area contributed by atoms with E-state index in [1.807, 2.05) is 0 Å². The predicted octanol–water partition coefficient (Wildman–Crippen LogP) is 3.44. The van der Waals surface area contributed by atoms with Crippen LogP contribution in [0.3, 0.4) is 0 Å². The summed E-state index contributed by atoms with van der Waals surface area (Å²) in [5.74, 6) is 0.472. The van der Waals surface area contributed by atoms with Crippen molar-refractivity contribution in [3.05, 3.63) is 45.5 Å². The molecule has 17 heavy (non-hydrogen) atoms. The summed E-state index contributed by atoms with van der Waals surface area (Å²) in [6, 6.07) is 3.33. The van der Waals surface area contributed by atoms with E-state index < -0.39 is 0 Å². The first-order valence-electron chi connectivity index (χ1n) is 4.67. The summed E-state index contributed by atoms with van der Waals surface area (Å²) in [5.41, 5.74) is 0.823. The molecular weight excluding hydrogens is 282 g/mol. The van der Waals surface area contributed by atoms with E-state index >= 15 is 0 Å². The molecule has 2 heterocycles. The molecule has 2 rings (SSSR count). The molecule has 2 aromatic heterocycles. The van der Waals surface area contributed by atoms with Gasteiger partial charge in [0.05, 0.1) is 22.3 Å². The van der Waals surface area contributed by atoms with Crippen molar-refractivity contribution in [3.63, 3.8) is 0 Å². The Balaban J connectivity index is 2.12. The van der Waals surface area contributed by atoms with Gasteiger partial charge in [-0.15, -0.1) is 0 Å². The Morgan fingerprint density at radius 2 is 2.00 bits per heavy atom. The van der Waals surface area contributed by atoms with Gasteiger partial charge in [0, 0.05) is 6.20 Å². The smallest absolute Gasteiger partial charge is 0.150 e. The van der Waals surface area contributed by atoms with Gasteiger partial charge in [-0.3, -0.25) is 0 Å². The van der Waals surface area contributed by atoms with E-state index in [-0.39, 0.29) is 5.15 Å². The van der Waals surface area contributed by atoms with Gasteiger partial charge in [-0.05, 0) is 12.1 Å². The topological polar surface area (TPSA) is 50.7 Å². The third kappa shape index (κ3) is 3.19. The summed E-state index contributed by atoms with van der Waals surface area (Å²) >= 11 is 17.5. The van der Waals surface area contributed by atoms with Crippen molar-refractivity contribution in [1.29, 1.82) is 0 Å². The number of anilines is 1. The van der Waals surface area contributed by atoms with Gasteiger partial charge in [-0.2, -0.15) is 0 Å². The van der Waals surface area contributed by atoms with Gasteiger partial charge in [0.15, 0.2) is 0 Å². The molecule has 4 nitrogen and oxygen atoms in total. The van der Waals surface area contributed by atoms with Crippen LogP contribution in [0, 0.1) is 0 Å². The highest BCUT2D eigenvalue weighted by atomic mass is 35.5. The zero-order chi connectivity index (χ0) is 12.3. The fourth-order valence-corrected chi connectivity index (χ4v) is 1.73. The summed E-state index contributed by atoms with van der Waals surface area (Å²) in [7, 11) is 0. The molecule has 0 aliphatic heterocycles. The second kappa shape index (κ2) is 5.49. The number of rotatable bonds is 3. The van der Waals surface area contributed by atoms with Crippen LogP contribution < -0.4 is 5.32 Å². The molecule has 0 aliphatic carbocycles. The van der Waals surface area contributed by atoms with Gasteiger partial charge >= 0.3 is 0 Å². The van der Waals surface area contributed by atoms with Crippen molar-refractivity contribution in [2.45, 2.75) is 6.54 Å². The van der Waals surface area contributed by atoms with E-state index in [0.717, 1.165) is 5.69 Å². The summed E-state index contributed by atoms with van der Waals surface area (Å²) in [6.45, 7) is 0.479. The predicted molar refractivity (Wildman–Crippen MR) is 68.6 cm³/mol. The molecule has 2 aromatic rings. The molecule has 0 saturated carbocycles. The zero-order valence-corrected chi connectivity index (χ0v) is 10.8. The molecule has 0 atom stereocenters. The minimum atomic E-state index is 0.209. The second-order valence-electron chi connectivity index (χ2n) is 3.15. The Labute approximate surface area is 113 Å². The number of aromatic nitrogens is 3. The fraction of sp³-hybridized carbons (Fsp3) is 0.100. The highest BCUT2D eigenvalue weighted by Crippen LogP contribution is 2.28. The highest BCUT2D eigenvalue weighted by molar-refractivity contribution is 6.42. The van der Waals surface area contributed by atoms with Crippen molar-refractivity contribution in [2.75, 3.05) is 5.32 Å². The lowest BCUT2D eigenvalue weighted by Gasteiger charge is -2.07. The van der Waals surface area contributed by atoms with Crippen LogP contribution in [0.5, 0.6) is 0 Å². The van der Waals surface area contributed by atoms with Crippen LogP contribution in [0.15, 0.2) is 24.7 Å². The first kappa shape index (κ1) is 12.4. The number of halogens is 3. The summed E-state index contributed by atoms with van der Waals surface area (Å²) in [4.78, 5) is 11.9. The lowest BCUT2D eigenvalue weighted by molar-refractivity contribution is 0.996. The average molecular weight is 290 g/mol. The maximum absolute atomic E-state index is 5.97. The third-order valence-corrected chi connectivity index (χ3v) is 2.93. The highest BCUT2D eigenvalue weighted by Gasteiger charge is 2.07. The van der Waals surface area contributed by atoms with E-state index in [9.17, 15) is 0 Å². The Hall–Kier alpha value is -1.10. The quantitative estimate of drug-likeness (QED) is 0.879. The third-order valence-electron chi connectivity index (χ3n) is 1.97. The molecule has 0 bridgehead atoms. The summed E-state index contributed by atoms with van der Waals surface area (Å²) in [5, 5.41) is 3.96. The van der Waals surface area contributed by atoms with Gasteiger partial charge in [-0.25, -0.2) is 15.0 Å². The van der Waals surface area contributed by atoms with Crippen LogP contribution in [0.25, 0.3) is 0 Å². The molecule has 0 saturated heterocycles. The monoisotopic (exact) mass is 288 g/mol. The molecule has 0 amide bonds. The Morgan fingerprint density at radius 3 is 2.71 bits per heavy atom. The number of nitrogens with zero attached hydrogens (tertiary/aromatic N) is 3. The van der Waals surface area contributed by atoms with Crippen LogP contribution in [0.2, 0.25) is 15.2 Å².